The highest BCUT2D eigenvalue weighted by molar-refractivity contribution is 4.93. The highest BCUT2D eigenvalue weighted by atomic mass is 14.5. The molecular weight excluding hydrogens is 144 g/mol. The summed E-state index contributed by atoms with van der Waals surface area (Å²) < 4.78 is 0. The molecule has 0 aromatic heterocycles. The molecule has 12 heavy (non-hydrogen) atoms. The van der Waals surface area contributed by atoms with Crippen LogP contribution >= 0.6 is 0 Å². The molecule has 0 nitrogen and oxygen atoms in total. The van der Waals surface area contributed by atoms with E-state index < -0.39 is 0 Å². The van der Waals surface area contributed by atoms with Crippen LogP contribution in [0.15, 0.2) is 0 Å². The van der Waals surface area contributed by atoms with Crippen LogP contribution in [0.2, 0.25) is 0 Å². The van der Waals surface area contributed by atoms with Crippen LogP contribution in [0.3, 0.4) is 0 Å². The second-order valence-corrected chi connectivity index (χ2v) is 6.29. The van der Waals surface area contributed by atoms with E-state index in [2.05, 4.69) is 41.5 Å². The van der Waals surface area contributed by atoms with E-state index in [1.54, 1.807) is 0 Å². The molecule has 0 N–H and O–H groups in total. The third-order valence-corrected chi connectivity index (χ3v) is 4.05. The van der Waals surface area contributed by atoms with Crippen molar-refractivity contribution < 1.29 is 0 Å². The van der Waals surface area contributed by atoms with Crippen LogP contribution in [0.4, 0.5) is 0 Å². The monoisotopic (exact) mass is 168 g/mol. The predicted octanol–water partition coefficient (Wildman–Crippen LogP) is 4.10. The van der Waals surface area contributed by atoms with Crippen LogP contribution in [-0.4, -0.2) is 0 Å². The lowest BCUT2D eigenvalue weighted by atomic mass is 9.71. The molecule has 0 radical (unpaired) electrons. The Morgan fingerprint density at radius 3 is 1.83 bits per heavy atom. The van der Waals surface area contributed by atoms with Crippen LogP contribution in [0.1, 0.15) is 54.4 Å². The summed E-state index contributed by atoms with van der Waals surface area (Å²) in [5, 5.41) is 0. The quantitative estimate of drug-likeness (QED) is 0.511. The van der Waals surface area contributed by atoms with Crippen molar-refractivity contribution in [3.05, 3.63) is 0 Å². The average molecular weight is 168 g/mol. The molecule has 0 aromatic carbocycles. The van der Waals surface area contributed by atoms with Crippen LogP contribution in [0.25, 0.3) is 0 Å². The van der Waals surface area contributed by atoms with Crippen LogP contribution in [-0.2, 0) is 0 Å². The van der Waals surface area contributed by atoms with Crippen molar-refractivity contribution >= 4 is 0 Å². The molecule has 1 rings (SSSR count). The Labute approximate surface area is 77.7 Å². The third-order valence-electron chi connectivity index (χ3n) is 4.05. The smallest absolute Gasteiger partial charge is 0.0326 e. The van der Waals surface area contributed by atoms with E-state index in [-0.39, 0.29) is 0 Å². The summed E-state index contributed by atoms with van der Waals surface area (Å²) in [7, 11) is 0. The fraction of sp³-hybridized carbons (Fsp3) is 1.00. The Kier molecular flexibility index (Phi) is 2.31. The average Bonchev–Trinajstić information content (AvgIpc) is 2.06. The van der Waals surface area contributed by atoms with Crippen molar-refractivity contribution in [3.8, 4) is 0 Å². The minimum absolute atomic E-state index is 0.507. The van der Waals surface area contributed by atoms with Crippen molar-refractivity contribution in [2.75, 3.05) is 0 Å². The standard InChI is InChI=1S/C12H24/c1-9-10(11(2,3)4)7-8-12(9,5)6/h9-10H,7-8H2,1-6H3. The number of hydrogen-bond acceptors (Lipinski definition) is 0. The fourth-order valence-corrected chi connectivity index (χ4v) is 2.73. The van der Waals surface area contributed by atoms with Gasteiger partial charge in [0, 0.05) is 0 Å². The van der Waals surface area contributed by atoms with Gasteiger partial charge in [0.1, 0.15) is 0 Å². The van der Waals surface area contributed by atoms with E-state index in [4.69, 9.17) is 0 Å². The van der Waals surface area contributed by atoms with Crippen molar-refractivity contribution in [3.63, 3.8) is 0 Å². The first-order valence-corrected chi connectivity index (χ1v) is 5.25. The fourth-order valence-electron chi connectivity index (χ4n) is 2.73. The van der Waals surface area contributed by atoms with Crippen LogP contribution < -0.4 is 0 Å². The van der Waals surface area contributed by atoms with Gasteiger partial charge >= 0.3 is 0 Å². The third kappa shape index (κ3) is 1.67. The number of hydrogen-bond donors (Lipinski definition) is 0. The summed E-state index contributed by atoms with van der Waals surface area (Å²) in [5.74, 6) is 1.81. The van der Waals surface area contributed by atoms with E-state index >= 15 is 0 Å². The van der Waals surface area contributed by atoms with Gasteiger partial charge in [-0.15, -0.1) is 0 Å². The van der Waals surface area contributed by atoms with Crippen molar-refractivity contribution in [1.29, 1.82) is 0 Å². The Balaban J connectivity index is 2.74. The Hall–Kier alpha value is 0. The normalized spacial score (nSPS) is 35.5. The van der Waals surface area contributed by atoms with Gasteiger partial charge in [-0.3, -0.25) is 0 Å². The summed E-state index contributed by atoms with van der Waals surface area (Å²) >= 11 is 0. The minimum Gasteiger partial charge on any atom is -0.0617 e. The molecule has 2 atom stereocenters. The summed E-state index contributed by atoms with van der Waals surface area (Å²) in [6, 6.07) is 0. The first-order chi connectivity index (χ1) is 5.25. The van der Waals surface area contributed by atoms with Gasteiger partial charge in [-0.2, -0.15) is 0 Å². The van der Waals surface area contributed by atoms with Gasteiger partial charge in [0.25, 0.3) is 0 Å². The van der Waals surface area contributed by atoms with Gasteiger partial charge in [-0.05, 0) is 35.5 Å². The molecule has 0 aliphatic heterocycles. The molecule has 0 heterocycles. The topological polar surface area (TPSA) is 0 Å². The molecule has 0 aromatic rings. The Morgan fingerprint density at radius 1 is 1.17 bits per heavy atom. The summed E-state index contributed by atoms with van der Waals surface area (Å²) in [5.41, 5.74) is 1.09. The van der Waals surface area contributed by atoms with E-state index in [1.165, 1.54) is 12.8 Å². The number of rotatable bonds is 0. The zero-order valence-electron chi connectivity index (χ0n) is 9.57. The van der Waals surface area contributed by atoms with E-state index in [9.17, 15) is 0 Å². The molecule has 0 amide bonds. The Bertz CT molecular complexity index is 159. The molecule has 0 saturated heterocycles. The van der Waals surface area contributed by atoms with Gasteiger partial charge in [-0.1, -0.05) is 41.5 Å². The highest BCUT2D eigenvalue weighted by Crippen LogP contribution is 2.52. The summed E-state index contributed by atoms with van der Waals surface area (Å²) in [6.07, 6.45) is 2.84. The SMILES string of the molecule is CC1C(C(C)(C)C)CCC1(C)C. The second-order valence-electron chi connectivity index (χ2n) is 6.29. The van der Waals surface area contributed by atoms with Crippen molar-refractivity contribution in [2.24, 2.45) is 22.7 Å². The van der Waals surface area contributed by atoms with E-state index in [1.807, 2.05) is 0 Å². The van der Waals surface area contributed by atoms with E-state index in [0.717, 1.165) is 11.8 Å². The molecule has 0 bridgehead atoms. The van der Waals surface area contributed by atoms with Gasteiger partial charge < -0.3 is 0 Å². The van der Waals surface area contributed by atoms with Crippen LogP contribution in [0, 0.1) is 22.7 Å². The van der Waals surface area contributed by atoms with Gasteiger partial charge in [0.15, 0.2) is 0 Å². The molecule has 0 heteroatoms. The lowest BCUT2D eigenvalue weighted by Gasteiger charge is -2.35. The molecule has 2 unspecified atom stereocenters. The second kappa shape index (κ2) is 2.75. The molecule has 1 aliphatic rings. The summed E-state index contributed by atoms with van der Waals surface area (Å²) in [6.45, 7) is 14.4. The molecule has 1 saturated carbocycles. The molecular formula is C12H24. The zero-order chi connectivity index (χ0) is 9.57. The van der Waals surface area contributed by atoms with Crippen molar-refractivity contribution in [2.45, 2.75) is 54.4 Å². The molecule has 1 aliphatic carbocycles. The largest absolute Gasteiger partial charge is 0.0617 e. The van der Waals surface area contributed by atoms with Crippen LogP contribution in [0.5, 0.6) is 0 Å². The highest BCUT2D eigenvalue weighted by Gasteiger charge is 2.43. The maximum absolute atomic E-state index is 2.43. The molecule has 1 fully saturated rings. The van der Waals surface area contributed by atoms with E-state index in [0.29, 0.717) is 10.8 Å². The lowest BCUT2D eigenvalue weighted by molar-refractivity contribution is 0.144. The summed E-state index contributed by atoms with van der Waals surface area (Å²) in [4.78, 5) is 0. The van der Waals surface area contributed by atoms with Gasteiger partial charge in [0.2, 0.25) is 0 Å². The first kappa shape index (κ1) is 10.1. The maximum atomic E-state index is 2.43. The molecule has 0 spiro atoms. The molecule has 72 valence electrons. The zero-order valence-corrected chi connectivity index (χ0v) is 9.57. The maximum Gasteiger partial charge on any atom is -0.0326 e. The van der Waals surface area contributed by atoms with Gasteiger partial charge in [-0.25, -0.2) is 0 Å². The van der Waals surface area contributed by atoms with Gasteiger partial charge in [0.05, 0.1) is 0 Å². The lowest BCUT2D eigenvalue weighted by Crippen LogP contribution is -2.27. The Morgan fingerprint density at radius 2 is 1.67 bits per heavy atom. The first-order valence-electron chi connectivity index (χ1n) is 5.25. The predicted molar refractivity (Wildman–Crippen MR) is 55.1 cm³/mol. The minimum atomic E-state index is 0.507. The van der Waals surface area contributed by atoms with Crippen molar-refractivity contribution in [1.82, 2.24) is 0 Å².